The largest absolute Gasteiger partial charge is 0.496 e. The molecule has 2 N–H and O–H groups in total. The molecule has 4 nitrogen and oxygen atoms in total. The first kappa shape index (κ1) is 30.4. The number of rotatable bonds is 10. The van der Waals surface area contributed by atoms with Crippen LogP contribution in [0.15, 0.2) is 60.7 Å². The van der Waals surface area contributed by atoms with Gasteiger partial charge in [0.2, 0.25) is 0 Å². The average Bonchev–Trinajstić information content (AvgIpc) is 2.87. The van der Waals surface area contributed by atoms with Crippen LogP contribution in [0, 0.1) is 41.5 Å². The Morgan fingerprint density at radius 1 is 0.561 bits per heavy atom. The van der Waals surface area contributed by atoms with Crippen molar-refractivity contribution >= 4 is 0 Å². The molecular weight excluding hydrogens is 508 g/mol. The Morgan fingerprint density at radius 3 is 1.22 bits per heavy atom. The first-order valence-corrected chi connectivity index (χ1v) is 14.4. The van der Waals surface area contributed by atoms with Gasteiger partial charge >= 0.3 is 0 Å². The second kappa shape index (κ2) is 12.9. The Morgan fingerprint density at radius 2 is 0.902 bits per heavy atom. The smallest absolute Gasteiger partial charge is 0.129 e. The number of aliphatic hydroxyl groups is 2. The Balaban J connectivity index is 1.54. The van der Waals surface area contributed by atoms with Crippen LogP contribution in [-0.4, -0.2) is 36.6 Å². The van der Waals surface area contributed by atoms with Crippen LogP contribution in [0.3, 0.4) is 0 Å². The van der Waals surface area contributed by atoms with E-state index >= 15 is 0 Å². The van der Waals surface area contributed by atoms with Crippen LogP contribution < -0.4 is 9.47 Å². The molecule has 0 bridgehead atoms. The molecule has 41 heavy (non-hydrogen) atoms. The molecule has 0 aliphatic heterocycles. The number of para-hydroxylation sites is 2. The van der Waals surface area contributed by atoms with Crippen molar-refractivity contribution in [2.24, 2.45) is 0 Å². The van der Waals surface area contributed by atoms with Gasteiger partial charge in [-0.1, -0.05) is 71.8 Å². The minimum atomic E-state index is -0.731. The van der Waals surface area contributed by atoms with Crippen LogP contribution in [-0.2, 0) is 12.8 Å². The first-order chi connectivity index (χ1) is 19.5. The lowest BCUT2D eigenvalue weighted by Gasteiger charge is -2.21. The van der Waals surface area contributed by atoms with Crippen molar-refractivity contribution in [3.8, 4) is 33.8 Å². The van der Waals surface area contributed by atoms with E-state index in [9.17, 15) is 10.2 Å². The molecule has 4 rings (SSSR count). The van der Waals surface area contributed by atoms with Crippen molar-refractivity contribution < 1.29 is 19.7 Å². The van der Waals surface area contributed by atoms with E-state index in [1.165, 1.54) is 33.4 Å². The molecule has 4 aromatic rings. The van der Waals surface area contributed by atoms with Crippen molar-refractivity contribution in [3.05, 3.63) is 105 Å². The third-order valence-corrected chi connectivity index (χ3v) is 7.95. The van der Waals surface area contributed by atoms with Gasteiger partial charge in [0.1, 0.15) is 11.5 Å². The minimum absolute atomic E-state index is 0.242. The first-order valence-electron chi connectivity index (χ1n) is 14.4. The standard InChI is InChI=1S/C37H44O4/c1-22-15-24(3)34(25(4)16-22)32-13-9-11-28(36(32)40-7)19-30(38)21-31(39)20-29-12-10-14-33(37(29)41-8)35-26(5)17-23(2)18-27(35)6/h9-18,30-31,38-39H,19-21H2,1-8H3/t30-,31-/m0/s1. The highest BCUT2D eigenvalue weighted by Gasteiger charge is 2.21. The molecule has 0 aliphatic rings. The molecule has 0 spiro atoms. The lowest BCUT2D eigenvalue weighted by Crippen LogP contribution is -2.22. The van der Waals surface area contributed by atoms with Gasteiger partial charge in [0.15, 0.2) is 0 Å². The van der Waals surface area contributed by atoms with Crippen LogP contribution in [0.4, 0.5) is 0 Å². The van der Waals surface area contributed by atoms with Crippen molar-refractivity contribution in [1.82, 2.24) is 0 Å². The maximum atomic E-state index is 11.1. The van der Waals surface area contributed by atoms with E-state index in [2.05, 4.69) is 77.9 Å². The number of ether oxygens (including phenoxy) is 2. The summed E-state index contributed by atoms with van der Waals surface area (Å²) in [6.45, 7) is 12.7. The molecule has 0 saturated carbocycles. The van der Waals surface area contributed by atoms with Crippen LogP contribution in [0.25, 0.3) is 22.3 Å². The number of aryl methyl sites for hydroxylation is 6. The Hall–Kier alpha value is -3.60. The quantitative estimate of drug-likeness (QED) is 0.211. The van der Waals surface area contributed by atoms with E-state index in [1.807, 2.05) is 24.3 Å². The molecule has 0 unspecified atom stereocenters. The maximum absolute atomic E-state index is 11.1. The molecular formula is C37H44O4. The van der Waals surface area contributed by atoms with Crippen molar-refractivity contribution in [3.63, 3.8) is 0 Å². The van der Waals surface area contributed by atoms with E-state index in [-0.39, 0.29) is 6.42 Å². The lowest BCUT2D eigenvalue weighted by molar-refractivity contribution is 0.0803. The summed E-state index contributed by atoms with van der Waals surface area (Å²) in [6, 6.07) is 20.9. The molecule has 0 fully saturated rings. The summed E-state index contributed by atoms with van der Waals surface area (Å²) in [5.41, 5.74) is 13.5. The number of hydrogen-bond donors (Lipinski definition) is 2. The van der Waals surface area contributed by atoms with Gasteiger partial charge < -0.3 is 19.7 Å². The molecule has 0 amide bonds. The van der Waals surface area contributed by atoms with E-state index in [1.54, 1.807) is 14.2 Å². The van der Waals surface area contributed by atoms with Gasteiger partial charge in [0.25, 0.3) is 0 Å². The Kier molecular flexibility index (Phi) is 9.57. The Bertz CT molecular complexity index is 1370. The van der Waals surface area contributed by atoms with Crippen molar-refractivity contribution in [1.29, 1.82) is 0 Å². The normalized spacial score (nSPS) is 12.7. The molecule has 2 atom stereocenters. The molecule has 0 radical (unpaired) electrons. The molecule has 0 aromatic heterocycles. The van der Waals surface area contributed by atoms with Gasteiger partial charge in [0.05, 0.1) is 26.4 Å². The summed E-state index contributed by atoms with van der Waals surface area (Å²) < 4.78 is 11.8. The molecule has 4 aromatic carbocycles. The van der Waals surface area contributed by atoms with Gasteiger partial charge in [-0.15, -0.1) is 0 Å². The number of methoxy groups -OCH3 is 2. The zero-order chi connectivity index (χ0) is 29.8. The van der Waals surface area contributed by atoms with Crippen LogP contribution in [0.1, 0.15) is 50.9 Å². The van der Waals surface area contributed by atoms with Gasteiger partial charge in [0, 0.05) is 24.0 Å². The van der Waals surface area contributed by atoms with Crippen LogP contribution >= 0.6 is 0 Å². The maximum Gasteiger partial charge on any atom is 0.129 e. The summed E-state index contributed by atoms with van der Waals surface area (Å²) >= 11 is 0. The minimum Gasteiger partial charge on any atom is -0.496 e. The second-order valence-corrected chi connectivity index (χ2v) is 11.5. The predicted octanol–water partition coefficient (Wildman–Crippen LogP) is 7.79. The molecule has 4 heteroatoms. The predicted molar refractivity (Wildman–Crippen MR) is 169 cm³/mol. The highest BCUT2D eigenvalue weighted by atomic mass is 16.5. The van der Waals surface area contributed by atoms with Gasteiger partial charge in [-0.05, 0) is 92.5 Å². The summed E-state index contributed by atoms with van der Waals surface area (Å²) in [4.78, 5) is 0. The fourth-order valence-corrected chi connectivity index (χ4v) is 6.57. The highest BCUT2D eigenvalue weighted by molar-refractivity contribution is 5.79. The second-order valence-electron chi connectivity index (χ2n) is 11.5. The van der Waals surface area contributed by atoms with E-state index < -0.39 is 12.2 Å². The topological polar surface area (TPSA) is 58.9 Å². The number of benzene rings is 4. The van der Waals surface area contributed by atoms with E-state index in [4.69, 9.17) is 9.47 Å². The number of hydrogen-bond acceptors (Lipinski definition) is 4. The van der Waals surface area contributed by atoms with Gasteiger partial charge in [-0.25, -0.2) is 0 Å². The zero-order valence-electron chi connectivity index (χ0n) is 25.8. The van der Waals surface area contributed by atoms with E-state index in [0.717, 1.165) is 44.9 Å². The summed E-state index contributed by atoms with van der Waals surface area (Å²) in [7, 11) is 3.36. The molecule has 216 valence electrons. The third-order valence-electron chi connectivity index (χ3n) is 7.95. The monoisotopic (exact) mass is 552 g/mol. The van der Waals surface area contributed by atoms with Crippen LogP contribution in [0.2, 0.25) is 0 Å². The molecule has 0 heterocycles. The van der Waals surface area contributed by atoms with Gasteiger partial charge in [-0.2, -0.15) is 0 Å². The van der Waals surface area contributed by atoms with Crippen molar-refractivity contribution in [2.75, 3.05) is 14.2 Å². The molecule has 0 saturated heterocycles. The fourth-order valence-electron chi connectivity index (χ4n) is 6.57. The third kappa shape index (κ3) is 6.66. The number of aliphatic hydroxyl groups excluding tert-OH is 2. The highest BCUT2D eigenvalue weighted by Crippen LogP contribution is 2.39. The SMILES string of the molecule is COc1c(C[C@H](O)C[C@@H](O)Cc2cccc(-c3c(C)cc(C)cc3C)c2OC)cccc1-c1c(C)cc(C)cc1C. The average molecular weight is 553 g/mol. The summed E-state index contributed by atoms with van der Waals surface area (Å²) in [6.07, 6.45) is -0.449. The summed E-state index contributed by atoms with van der Waals surface area (Å²) in [5, 5.41) is 22.2. The summed E-state index contributed by atoms with van der Waals surface area (Å²) in [5.74, 6) is 1.55. The zero-order valence-corrected chi connectivity index (χ0v) is 25.8. The molecule has 0 aliphatic carbocycles. The van der Waals surface area contributed by atoms with E-state index in [0.29, 0.717) is 12.8 Å². The van der Waals surface area contributed by atoms with Gasteiger partial charge in [-0.3, -0.25) is 0 Å². The van der Waals surface area contributed by atoms with Crippen LogP contribution in [0.5, 0.6) is 11.5 Å². The Labute approximate surface area is 245 Å². The fraction of sp³-hybridized carbons (Fsp3) is 0.351. The van der Waals surface area contributed by atoms with Crippen molar-refractivity contribution in [2.45, 2.75) is 73.0 Å². The lowest BCUT2D eigenvalue weighted by atomic mass is 9.89.